The molecule has 1 saturated heterocycles. The van der Waals surface area contributed by atoms with Gasteiger partial charge in [0.2, 0.25) is 0 Å². The van der Waals surface area contributed by atoms with Crippen LogP contribution < -0.4 is 0 Å². The number of alkyl halides is 3. The van der Waals surface area contributed by atoms with Crippen molar-refractivity contribution < 1.29 is 22.8 Å². The molecule has 218 valence electrons. The Balaban J connectivity index is 1.40. The van der Waals surface area contributed by atoms with Gasteiger partial charge < -0.3 is 9.47 Å². The molecule has 6 rings (SSSR count). The van der Waals surface area contributed by atoms with Crippen molar-refractivity contribution in [2.75, 3.05) is 6.54 Å². The van der Waals surface area contributed by atoms with Gasteiger partial charge in [0, 0.05) is 57.3 Å². The molecule has 2 unspecified atom stereocenters. The second kappa shape index (κ2) is 11.5. The van der Waals surface area contributed by atoms with Gasteiger partial charge in [0.25, 0.3) is 5.91 Å². The van der Waals surface area contributed by atoms with Gasteiger partial charge in [-0.25, -0.2) is 0 Å². The van der Waals surface area contributed by atoms with Gasteiger partial charge in [0.15, 0.2) is 5.78 Å². The number of para-hydroxylation sites is 1. The van der Waals surface area contributed by atoms with E-state index in [-0.39, 0.29) is 17.6 Å². The molecule has 1 aliphatic rings. The Kier molecular flexibility index (Phi) is 7.79. The summed E-state index contributed by atoms with van der Waals surface area (Å²) in [6, 6.07) is 25.3. The first-order chi connectivity index (χ1) is 20.6. The predicted molar refractivity (Wildman–Crippen MR) is 162 cm³/mol. The number of halogens is 5. The number of rotatable bonds is 6. The Morgan fingerprint density at radius 1 is 0.791 bits per heavy atom. The van der Waals surface area contributed by atoms with Gasteiger partial charge in [0.1, 0.15) is 6.04 Å². The maximum Gasteiger partial charge on any atom is 0.416 e. The van der Waals surface area contributed by atoms with Crippen molar-refractivity contribution in [3.8, 4) is 0 Å². The van der Waals surface area contributed by atoms with E-state index in [0.29, 0.717) is 46.2 Å². The van der Waals surface area contributed by atoms with E-state index >= 15 is 0 Å². The molecule has 0 radical (unpaired) electrons. The van der Waals surface area contributed by atoms with Crippen LogP contribution in [-0.4, -0.2) is 33.7 Å². The van der Waals surface area contributed by atoms with Crippen LogP contribution in [0.4, 0.5) is 13.2 Å². The van der Waals surface area contributed by atoms with Gasteiger partial charge >= 0.3 is 6.18 Å². The first-order valence-electron chi connectivity index (χ1n) is 13.7. The van der Waals surface area contributed by atoms with E-state index in [9.17, 15) is 22.8 Å². The number of likely N-dealkylation sites (tertiary alicyclic amines) is 1. The fourth-order valence-corrected chi connectivity index (χ4v) is 6.16. The number of amides is 1. The molecular formula is C34H25Cl2F3N2O2. The molecule has 1 fully saturated rings. The molecule has 5 aromatic rings. The van der Waals surface area contributed by atoms with Crippen molar-refractivity contribution in [3.63, 3.8) is 0 Å². The summed E-state index contributed by atoms with van der Waals surface area (Å²) in [7, 11) is 0. The summed E-state index contributed by atoms with van der Waals surface area (Å²) in [6.45, 7) is 0.711. The minimum Gasteiger partial charge on any atom is -0.343 e. The normalized spacial score (nSPS) is 17.0. The van der Waals surface area contributed by atoms with Crippen molar-refractivity contribution in [1.29, 1.82) is 0 Å². The van der Waals surface area contributed by atoms with Gasteiger partial charge in [0.05, 0.1) is 5.56 Å². The average molecular weight is 621 g/mol. The molecule has 1 aliphatic heterocycles. The topological polar surface area (TPSA) is 42.3 Å². The van der Waals surface area contributed by atoms with Crippen LogP contribution in [-0.2, 0) is 12.7 Å². The summed E-state index contributed by atoms with van der Waals surface area (Å²) >= 11 is 12.1. The van der Waals surface area contributed by atoms with Crippen molar-refractivity contribution in [2.45, 2.75) is 31.1 Å². The van der Waals surface area contributed by atoms with Crippen molar-refractivity contribution >= 4 is 45.8 Å². The van der Waals surface area contributed by atoms with Crippen LogP contribution in [0.1, 0.15) is 49.7 Å². The second-order valence-corrected chi connectivity index (χ2v) is 11.5. The number of carbonyl (C=O) groups excluding carboxylic acids is 2. The standard InChI is InChI=1S/C34H25Cl2F3N2O2/c35-25-13-7-22(8-14-25)32(42)31-28(17-18-41(31)33(43)23-9-15-26(36)16-10-23)29-20-40(30-4-2-1-3-27(29)30)19-21-5-11-24(12-6-21)34(37,38)39/h1-16,20,28,31H,17-19H2. The van der Waals surface area contributed by atoms with Gasteiger partial charge in [-0.2, -0.15) is 13.2 Å². The molecule has 1 aromatic heterocycles. The Morgan fingerprint density at radius 3 is 2.02 bits per heavy atom. The molecule has 43 heavy (non-hydrogen) atoms. The highest BCUT2D eigenvalue weighted by atomic mass is 35.5. The van der Waals surface area contributed by atoms with Crippen LogP contribution in [0.2, 0.25) is 10.0 Å². The first-order valence-corrected chi connectivity index (χ1v) is 14.5. The van der Waals surface area contributed by atoms with Crippen LogP contribution in [0, 0.1) is 0 Å². The molecule has 9 heteroatoms. The van der Waals surface area contributed by atoms with E-state index in [1.807, 2.05) is 35.0 Å². The van der Waals surface area contributed by atoms with Crippen LogP contribution in [0.3, 0.4) is 0 Å². The molecule has 0 spiro atoms. The number of Topliss-reactive ketones (excluding diaryl/α,β-unsaturated/α-hetero) is 1. The second-order valence-electron chi connectivity index (χ2n) is 10.6. The highest BCUT2D eigenvalue weighted by Gasteiger charge is 2.44. The molecular weight excluding hydrogens is 596 g/mol. The largest absolute Gasteiger partial charge is 0.416 e. The average Bonchev–Trinajstić information content (AvgIpc) is 3.59. The predicted octanol–water partition coefficient (Wildman–Crippen LogP) is 8.90. The fraction of sp³-hybridized carbons (Fsp3) is 0.176. The molecule has 4 nitrogen and oxygen atoms in total. The number of fused-ring (bicyclic) bond motifs is 1. The summed E-state index contributed by atoms with van der Waals surface area (Å²) in [4.78, 5) is 29.5. The number of hydrogen-bond acceptors (Lipinski definition) is 2. The Bertz CT molecular complexity index is 1800. The summed E-state index contributed by atoms with van der Waals surface area (Å²) in [6.07, 6.45) is -1.89. The van der Waals surface area contributed by atoms with Crippen LogP contribution in [0.5, 0.6) is 0 Å². The van der Waals surface area contributed by atoms with Gasteiger partial charge in [-0.3, -0.25) is 9.59 Å². The maximum absolute atomic E-state index is 14.1. The minimum atomic E-state index is -4.41. The smallest absolute Gasteiger partial charge is 0.343 e. The van der Waals surface area contributed by atoms with Crippen molar-refractivity contribution in [3.05, 3.63) is 141 Å². The molecule has 4 aromatic carbocycles. The highest BCUT2D eigenvalue weighted by Crippen LogP contribution is 2.41. The highest BCUT2D eigenvalue weighted by molar-refractivity contribution is 6.31. The Hall–Kier alpha value is -4.07. The van der Waals surface area contributed by atoms with E-state index in [0.717, 1.165) is 28.6 Å². The number of ketones is 1. The third kappa shape index (κ3) is 5.79. The van der Waals surface area contributed by atoms with Crippen molar-refractivity contribution in [1.82, 2.24) is 9.47 Å². The number of carbonyl (C=O) groups is 2. The third-order valence-electron chi connectivity index (χ3n) is 8.00. The van der Waals surface area contributed by atoms with E-state index in [2.05, 4.69) is 0 Å². The van der Waals surface area contributed by atoms with E-state index in [1.165, 1.54) is 12.1 Å². The number of nitrogens with zero attached hydrogens (tertiary/aromatic N) is 2. The molecule has 2 atom stereocenters. The van der Waals surface area contributed by atoms with E-state index < -0.39 is 17.8 Å². The van der Waals surface area contributed by atoms with Crippen LogP contribution >= 0.6 is 23.2 Å². The minimum absolute atomic E-state index is 0.193. The lowest BCUT2D eigenvalue weighted by Crippen LogP contribution is -2.42. The summed E-state index contributed by atoms with van der Waals surface area (Å²) in [5.41, 5.74) is 2.68. The summed E-state index contributed by atoms with van der Waals surface area (Å²) in [5.74, 6) is -0.779. The van der Waals surface area contributed by atoms with Gasteiger partial charge in [-0.15, -0.1) is 0 Å². The lowest BCUT2D eigenvalue weighted by atomic mass is 9.87. The lowest BCUT2D eigenvalue weighted by Gasteiger charge is -2.27. The zero-order valence-electron chi connectivity index (χ0n) is 22.7. The number of hydrogen-bond donors (Lipinski definition) is 0. The quantitative estimate of drug-likeness (QED) is 0.178. The fourth-order valence-electron chi connectivity index (χ4n) is 5.91. The molecule has 0 N–H and O–H groups in total. The van der Waals surface area contributed by atoms with Crippen LogP contribution in [0.25, 0.3) is 10.9 Å². The van der Waals surface area contributed by atoms with Crippen molar-refractivity contribution in [2.24, 2.45) is 0 Å². The molecule has 0 saturated carbocycles. The Labute approximate surface area is 256 Å². The lowest BCUT2D eigenvalue weighted by molar-refractivity contribution is -0.137. The Morgan fingerprint density at radius 2 is 1.40 bits per heavy atom. The molecule has 2 heterocycles. The van der Waals surface area contributed by atoms with Gasteiger partial charge in [-0.1, -0.05) is 53.5 Å². The monoisotopic (exact) mass is 620 g/mol. The molecule has 0 aliphatic carbocycles. The van der Waals surface area contributed by atoms with Gasteiger partial charge in [-0.05, 0) is 84.3 Å². The summed E-state index contributed by atoms with van der Waals surface area (Å²) < 4.78 is 41.3. The first kappa shape index (κ1) is 29.0. The van der Waals surface area contributed by atoms with Crippen LogP contribution in [0.15, 0.2) is 103 Å². The number of aromatic nitrogens is 1. The summed E-state index contributed by atoms with van der Waals surface area (Å²) in [5, 5.41) is 1.93. The number of benzene rings is 4. The van der Waals surface area contributed by atoms with E-state index in [4.69, 9.17) is 23.2 Å². The van der Waals surface area contributed by atoms with E-state index in [1.54, 1.807) is 53.4 Å². The SMILES string of the molecule is O=C(c1ccc(Cl)cc1)C1C(c2cn(Cc3ccc(C(F)(F)F)cc3)c3ccccc23)CCN1C(=O)c1ccc(Cl)cc1. The molecule has 0 bridgehead atoms. The third-order valence-corrected chi connectivity index (χ3v) is 8.50. The zero-order valence-corrected chi connectivity index (χ0v) is 24.2. The maximum atomic E-state index is 14.1. The molecule has 1 amide bonds. The zero-order chi connectivity index (χ0) is 30.3.